The van der Waals surface area contributed by atoms with E-state index in [9.17, 15) is 4.79 Å². The maximum Gasteiger partial charge on any atom is 0.220 e. The molecule has 1 aliphatic carbocycles. The summed E-state index contributed by atoms with van der Waals surface area (Å²) >= 11 is 0. The van der Waals surface area contributed by atoms with Crippen LogP contribution in [0.15, 0.2) is 4.99 Å². The second kappa shape index (κ2) is 6.42. The smallest absolute Gasteiger partial charge is 0.220 e. The third-order valence-electron chi connectivity index (χ3n) is 3.25. The number of carbonyl (C=O) groups is 1. The van der Waals surface area contributed by atoms with Gasteiger partial charge in [-0.05, 0) is 25.7 Å². The fourth-order valence-corrected chi connectivity index (χ4v) is 1.98. The number of guanidine groups is 1. The van der Waals surface area contributed by atoms with Crippen LogP contribution in [0.1, 0.15) is 32.1 Å². The molecule has 0 spiro atoms. The number of nitrogens with two attached hydrogens (primary N) is 1. The summed E-state index contributed by atoms with van der Waals surface area (Å²) in [7, 11) is 1.98. The number of hydrogen-bond acceptors (Lipinski definition) is 2. The van der Waals surface area contributed by atoms with E-state index in [1.54, 1.807) is 0 Å². The Balaban J connectivity index is 0.00000144. The van der Waals surface area contributed by atoms with Gasteiger partial charge in [-0.2, -0.15) is 0 Å². The first kappa shape index (κ1) is 14.5. The minimum Gasteiger partial charge on any atom is -0.370 e. The molecule has 2 aliphatic rings. The van der Waals surface area contributed by atoms with Crippen LogP contribution in [0.25, 0.3) is 0 Å². The van der Waals surface area contributed by atoms with E-state index < -0.39 is 0 Å². The zero-order valence-electron chi connectivity index (χ0n) is 10.2. The SMILES string of the molecule is CN(C(N)=NCC1CCCC(=O)N1)C1CC1.I. The maximum absolute atomic E-state index is 11.2. The first-order valence-corrected chi connectivity index (χ1v) is 5.99. The molecule has 0 bridgehead atoms. The van der Waals surface area contributed by atoms with Crippen LogP contribution in [0.3, 0.4) is 0 Å². The van der Waals surface area contributed by atoms with Gasteiger partial charge in [-0.3, -0.25) is 9.79 Å². The molecule has 6 heteroatoms. The van der Waals surface area contributed by atoms with Crippen LogP contribution in [-0.2, 0) is 4.79 Å². The molecule has 1 heterocycles. The summed E-state index contributed by atoms with van der Waals surface area (Å²) in [5.41, 5.74) is 5.87. The van der Waals surface area contributed by atoms with Gasteiger partial charge in [0.05, 0.1) is 6.54 Å². The first-order valence-electron chi connectivity index (χ1n) is 5.99. The molecule has 1 unspecified atom stereocenters. The lowest BCUT2D eigenvalue weighted by atomic mass is 10.0. The standard InChI is InChI=1S/C11H20N4O.HI/c1-15(9-5-6-9)11(12)13-7-8-3-2-4-10(16)14-8;/h8-9H,2-7H2,1H3,(H2,12,13)(H,14,16);1H. The van der Waals surface area contributed by atoms with Gasteiger partial charge in [-0.15, -0.1) is 24.0 Å². The van der Waals surface area contributed by atoms with E-state index in [4.69, 9.17) is 5.73 Å². The number of halogens is 1. The minimum atomic E-state index is 0. The Labute approximate surface area is 119 Å². The van der Waals surface area contributed by atoms with Crippen LogP contribution in [-0.4, -0.2) is 42.4 Å². The summed E-state index contributed by atoms with van der Waals surface area (Å²) in [6, 6.07) is 0.761. The molecule has 2 fully saturated rings. The number of amides is 1. The van der Waals surface area contributed by atoms with E-state index in [2.05, 4.69) is 10.3 Å². The number of aliphatic imine (C=N–C) groups is 1. The van der Waals surface area contributed by atoms with Gasteiger partial charge >= 0.3 is 0 Å². The molecular formula is C11H21IN4O. The molecule has 3 N–H and O–H groups in total. The lowest BCUT2D eigenvalue weighted by molar-refractivity contribution is -0.123. The quantitative estimate of drug-likeness (QED) is 0.446. The van der Waals surface area contributed by atoms with Gasteiger partial charge in [0, 0.05) is 25.6 Å². The van der Waals surface area contributed by atoms with Gasteiger partial charge < -0.3 is 16.0 Å². The van der Waals surface area contributed by atoms with Crippen molar-refractivity contribution in [3.63, 3.8) is 0 Å². The van der Waals surface area contributed by atoms with Crippen molar-refractivity contribution in [3.05, 3.63) is 0 Å². The molecular weight excluding hydrogens is 331 g/mol. The molecule has 1 atom stereocenters. The van der Waals surface area contributed by atoms with Crippen LogP contribution < -0.4 is 11.1 Å². The molecule has 2 rings (SSSR count). The normalized spacial score (nSPS) is 24.9. The Kier molecular flexibility index (Phi) is 5.48. The van der Waals surface area contributed by atoms with Crippen LogP contribution in [0.5, 0.6) is 0 Å². The highest BCUT2D eigenvalue weighted by atomic mass is 127. The number of rotatable bonds is 3. The highest BCUT2D eigenvalue weighted by Gasteiger charge is 2.27. The van der Waals surface area contributed by atoms with E-state index in [1.807, 2.05) is 11.9 Å². The monoisotopic (exact) mass is 352 g/mol. The summed E-state index contributed by atoms with van der Waals surface area (Å²) in [5.74, 6) is 0.739. The highest BCUT2D eigenvalue weighted by Crippen LogP contribution is 2.24. The summed E-state index contributed by atoms with van der Waals surface area (Å²) < 4.78 is 0. The minimum absolute atomic E-state index is 0. The third-order valence-corrected chi connectivity index (χ3v) is 3.25. The molecule has 98 valence electrons. The van der Waals surface area contributed by atoms with E-state index in [-0.39, 0.29) is 35.9 Å². The van der Waals surface area contributed by atoms with Crippen molar-refractivity contribution < 1.29 is 4.79 Å². The van der Waals surface area contributed by atoms with E-state index in [0.717, 1.165) is 12.8 Å². The number of hydrogen-bond donors (Lipinski definition) is 2. The molecule has 1 saturated carbocycles. The summed E-state index contributed by atoms with van der Waals surface area (Å²) in [5, 5.41) is 2.94. The fourth-order valence-electron chi connectivity index (χ4n) is 1.98. The van der Waals surface area contributed by atoms with Gasteiger partial charge in [0.2, 0.25) is 5.91 Å². The largest absolute Gasteiger partial charge is 0.370 e. The van der Waals surface area contributed by atoms with Crippen LogP contribution in [0.2, 0.25) is 0 Å². The predicted octanol–water partition coefficient (Wildman–Crippen LogP) is 0.682. The van der Waals surface area contributed by atoms with E-state index >= 15 is 0 Å². The Morgan fingerprint density at radius 3 is 2.82 bits per heavy atom. The number of nitrogens with one attached hydrogen (secondary N) is 1. The molecule has 0 radical (unpaired) electrons. The van der Waals surface area contributed by atoms with Gasteiger partial charge in [0.15, 0.2) is 5.96 Å². The summed E-state index contributed by atoms with van der Waals surface area (Å²) in [6.45, 7) is 0.606. The van der Waals surface area contributed by atoms with Crippen LogP contribution in [0, 0.1) is 0 Å². The van der Waals surface area contributed by atoms with Crippen molar-refractivity contribution in [1.29, 1.82) is 0 Å². The first-order chi connectivity index (χ1) is 7.66. The molecule has 1 aliphatic heterocycles. The van der Waals surface area contributed by atoms with Crippen molar-refractivity contribution in [2.75, 3.05) is 13.6 Å². The van der Waals surface area contributed by atoms with Crippen molar-refractivity contribution in [2.45, 2.75) is 44.2 Å². The van der Waals surface area contributed by atoms with Gasteiger partial charge in [0.25, 0.3) is 0 Å². The maximum atomic E-state index is 11.2. The van der Waals surface area contributed by atoms with Crippen molar-refractivity contribution >= 4 is 35.8 Å². The number of nitrogens with zero attached hydrogens (tertiary/aromatic N) is 2. The van der Waals surface area contributed by atoms with Gasteiger partial charge in [-0.25, -0.2) is 0 Å². The van der Waals surface area contributed by atoms with Gasteiger partial charge in [-0.1, -0.05) is 0 Å². The zero-order valence-corrected chi connectivity index (χ0v) is 12.5. The third kappa shape index (κ3) is 4.33. The predicted molar refractivity (Wildman–Crippen MR) is 78.5 cm³/mol. The average Bonchev–Trinajstić information content (AvgIpc) is 3.09. The highest BCUT2D eigenvalue weighted by molar-refractivity contribution is 14.0. The molecule has 5 nitrogen and oxygen atoms in total. The van der Waals surface area contributed by atoms with Gasteiger partial charge in [0.1, 0.15) is 0 Å². The molecule has 0 aromatic rings. The Bertz CT molecular complexity index is 304. The lowest BCUT2D eigenvalue weighted by Crippen LogP contribution is -2.42. The van der Waals surface area contributed by atoms with Crippen molar-refractivity contribution in [3.8, 4) is 0 Å². The van der Waals surface area contributed by atoms with E-state index in [0.29, 0.717) is 25.0 Å². The second-order valence-electron chi connectivity index (χ2n) is 4.70. The summed E-state index contributed by atoms with van der Waals surface area (Å²) in [4.78, 5) is 17.6. The number of piperidine rings is 1. The fraction of sp³-hybridized carbons (Fsp3) is 0.818. The number of carbonyl (C=O) groups excluding carboxylic acids is 1. The average molecular weight is 352 g/mol. The van der Waals surface area contributed by atoms with Crippen molar-refractivity contribution in [1.82, 2.24) is 10.2 Å². The Hall–Kier alpha value is -0.530. The van der Waals surface area contributed by atoms with E-state index in [1.165, 1.54) is 12.8 Å². The summed E-state index contributed by atoms with van der Waals surface area (Å²) in [6.07, 6.45) is 5.05. The molecule has 1 saturated heterocycles. The topological polar surface area (TPSA) is 70.7 Å². The second-order valence-corrected chi connectivity index (χ2v) is 4.70. The lowest BCUT2D eigenvalue weighted by Gasteiger charge is -2.23. The molecule has 0 aromatic heterocycles. The molecule has 0 aromatic carbocycles. The molecule has 1 amide bonds. The Morgan fingerprint density at radius 2 is 2.24 bits per heavy atom. The molecule has 17 heavy (non-hydrogen) atoms. The Morgan fingerprint density at radius 1 is 1.53 bits per heavy atom. The van der Waals surface area contributed by atoms with Crippen molar-refractivity contribution in [2.24, 2.45) is 10.7 Å². The zero-order chi connectivity index (χ0) is 11.5. The van der Waals surface area contributed by atoms with Crippen LogP contribution >= 0.6 is 24.0 Å². The van der Waals surface area contributed by atoms with Crippen LogP contribution in [0.4, 0.5) is 0 Å².